The third-order valence-electron chi connectivity index (χ3n) is 3.51. The maximum absolute atomic E-state index is 12.6. The maximum atomic E-state index is 12.6. The number of carbonyl (C=O) groups excluding carboxylic acids is 1. The van der Waals surface area contributed by atoms with Crippen LogP contribution in [0.5, 0.6) is 5.88 Å². The van der Waals surface area contributed by atoms with Crippen molar-refractivity contribution in [2.45, 2.75) is 12.8 Å². The van der Waals surface area contributed by atoms with E-state index < -0.39 is 0 Å². The first-order chi connectivity index (χ1) is 9.79. The molecule has 1 aromatic heterocycles. The average Bonchev–Trinajstić information content (AvgIpc) is 3.17. The number of amides is 1. The predicted octanol–water partition coefficient (Wildman–Crippen LogP) is 2.12. The van der Waals surface area contributed by atoms with Gasteiger partial charge in [-0.3, -0.25) is 4.79 Å². The Morgan fingerprint density at radius 3 is 2.55 bits per heavy atom. The number of para-hydroxylation sites is 1. The largest absolute Gasteiger partial charge is 0.480 e. The fourth-order valence-corrected chi connectivity index (χ4v) is 2.46. The molecule has 20 heavy (non-hydrogen) atoms. The molecule has 0 radical (unpaired) electrons. The molecule has 0 atom stereocenters. The zero-order valence-corrected chi connectivity index (χ0v) is 11.5. The summed E-state index contributed by atoms with van der Waals surface area (Å²) >= 11 is 0. The first kappa shape index (κ1) is 12.7. The Bertz CT molecular complexity index is 601. The normalized spacial score (nSPS) is 14.6. The molecule has 0 N–H and O–H groups in total. The van der Waals surface area contributed by atoms with Crippen molar-refractivity contribution < 1.29 is 9.53 Å². The van der Waals surface area contributed by atoms with Crippen molar-refractivity contribution in [1.29, 1.82) is 0 Å². The van der Waals surface area contributed by atoms with Crippen molar-refractivity contribution in [3.63, 3.8) is 0 Å². The summed E-state index contributed by atoms with van der Waals surface area (Å²) in [6.07, 6.45) is 2.14. The summed E-state index contributed by atoms with van der Waals surface area (Å²) in [7, 11) is 1.56. The number of nitrogens with zero attached hydrogens (tertiary/aromatic N) is 3. The predicted molar refractivity (Wildman–Crippen MR) is 75.3 cm³/mol. The van der Waals surface area contributed by atoms with Crippen molar-refractivity contribution in [2.75, 3.05) is 20.2 Å². The highest BCUT2D eigenvalue weighted by atomic mass is 16.5. The molecule has 3 rings (SSSR count). The minimum absolute atomic E-state index is 0.0159. The van der Waals surface area contributed by atoms with E-state index in [1.54, 1.807) is 17.9 Å². The molecular weight excluding hydrogens is 254 g/mol. The molecule has 2 heterocycles. The van der Waals surface area contributed by atoms with Crippen LogP contribution < -0.4 is 4.74 Å². The first-order valence-electron chi connectivity index (χ1n) is 6.78. The van der Waals surface area contributed by atoms with E-state index in [9.17, 15) is 4.79 Å². The third kappa shape index (κ3) is 2.27. The van der Waals surface area contributed by atoms with Crippen molar-refractivity contribution in [3.05, 3.63) is 42.1 Å². The second-order valence-corrected chi connectivity index (χ2v) is 4.82. The summed E-state index contributed by atoms with van der Waals surface area (Å²) in [6, 6.07) is 11.3. The average molecular weight is 271 g/mol. The van der Waals surface area contributed by atoms with E-state index in [4.69, 9.17) is 4.74 Å². The Kier molecular flexibility index (Phi) is 3.41. The Morgan fingerprint density at radius 1 is 1.20 bits per heavy atom. The fourth-order valence-electron chi connectivity index (χ4n) is 2.46. The van der Waals surface area contributed by atoms with Gasteiger partial charge < -0.3 is 9.64 Å². The van der Waals surface area contributed by atoms with Gasteiger partial charge in [-0.1, -0.05) is 18.2 Å². The molecule has 0 unspecified atom stereocenters. The van der Waals surface area contributed by atoms with E-state index in [2.05, 4.69) is 5.10 Å². The van der Waals surface area contributed by atoms with Gasteiger partial charge >= 0.3 is 0 Å². The summed E-state index contributed by atoms with van der Waals surface area (Å²) in [5, 5.41) is 4.34. The minimum atomic E-state index is 0.0159. The molecule has 2 aromatic rings. The van der Waals surface area contributed by atoms with Gasteiger partial charge in [0.1, 0.15) is 5.69 Å². The molecule has 5 nitrogen and oxygen atoms in total. The van der Waals surface area contributed by atoms with Crippen LogP contribution in [0.25, 0.3) is 5.69 Å². The van der Waals surface area contributed by atoms with Gasteiger partial charge in [0, 0.05) is 19.2 Å². The number of rotatable bonds is 3. The van der Waals surface area contributed by atoms with Crippen LogP contribution in [0, 0.1) is 0 Å². The quantitative estimate of drug-likeness (QED) is 0.859. The van der Waals surface area contributed by atoms with Gasteiger partial charge in [0.05, 0.1) is 12.8 Å². The molecule has 0 bridgehead atoms. The van der Waals surface area contributed by atoms with Gasteiger partial charge in [-0.2, -0.15) is 0 Å². The van der Waals surface area contributed by atoms with Crippen LogP contribution in [0.15, 0.2) is 36.4 Å². The molecule has 0 aliphatic carbocycles. The first-order valence-corrected chi connectivity index (χ1v) is 6.78. The highest BCUT2D eigenvalue weighted by molar-refractivity contribution is 5.93. The molecule has 1 saturated heterocycles. The Morgan fingerprint density at radius 2 is 1.90 bits per heavy atom. The van der Waals surface area contributed by atoms with Crippen LogP contribution in [0.2, 0.25) is 0 Å². The lowest BCUT2D eigenvalue weighted by Gasteiger charge is -2.15. The highest BCUT2D eigenvalue weighted by Gasteiger charge is 2.24. The molecule has 1 fully saturated rings. The number of ether oxygens (including phenoxy) is 1. The number of hydrogen-bond donors (Lipinski definition) is 0. The Hall–Kier alpha value is -2.30. The van der Waals surface area contributed by atoms with Gasteiger partial charge in [0.15, 0.2) is 0 Å². The fraction of sp³-hybridized carbons (Fsp3) is 0.333. The van der Waals surface area contributed by atoms with Gasteiger partial charge in [-0.15, -0.1) is 5.10 Å². The zero-order valence-electron chi connectivity index (χ0n) is 11.5. The SMILES string of the molecule is COc1cc(C(=O)N2CCCC2)n(-c2ccccc2)n1. The van der Waals surface area contributed by atoms with Crippen molar-refractivity contribution >= 4 is 5.91 Å². The minimum Gasteiger partial charge on any atom is -0.480 e. The third-order valence-corrected chi connectivity index (χ3v) is 3.51. The summed E-state index contributed by atoms with van der Waals surface area (Å²) < 4.78 is 6.82. The second kappa shape index (κ2) is 5.36. The topological polar surface area (TPSA) is 47.4 Å². The molecule has 1 aromatic carbocycles. The van der Waals surface area contributed by atoms with E-state index in [1.807, 2.05) is 35.2 Å². The highest BCUT2D eigenvalue weighted by Crippen LogP contribution is 2.20. The summed E-state index contributed by atoms with van der Waals surface area (Å²) in [5.41, 5.74) is 1.41. The van der Waals surface area contributed by atoms with Crippen molar-refractivity contribution in [3.8, 4) is 11.6 Å². The molecular formula is C15H17N3O2. The molecule has 1 amide bonds. The van der Waals surface area contributed by atoms with E-state index in [0.717, 1.165) is 31.6 Å². The molecule has 0 saturated carbocycles. The van der Waals surface area contributed by atoms with Crippen LogP contribution in [-0.2, 0) is 0 Å². The van der Waals surface area contributed by atoms with Crippen LogP contribution in [0.4, 0.5) is 0 Å². The molecule has 5 heteroatoms. The monoisotopic (exact) mass is 271 g/mol. The van der Waals surface area contributed by atoms with E-state index in [-0.39, 0.29) is 5.91 Å². The van der Waals surface area contributed by atoms with Crippen molar-refractivity contribution in [1.82, 2.24) is 14.7 Å². The van der Waals surface area contributed by atoms with Gasteiger partial charge in [0.2, 0.25) is 5.88 Å². The van der Waals surface area contributed by atoms with Crippen LogP contribution in [0.3, 0.4) is 0 Å². The lowest BCUT2D eigenvalue weighted by molar-refractivity contribution is 0.0784. The van der Waals surface area contributed by atoms with E-state index in [1.165, 1.54) is 0 Å². The number of likely N-dealkylation sites (tertiary alicyclic amines) is 1. The van der Waals surface area contributed by atoms with Crippen molar-refractivity contribution in [2.24, 2.45) is 0 Å². The number of hydrogen-bond acceptors (Lipinski definition) is 3. The van der Waals surface area contributed by atoms with Crippen LogP contribution in [0.1, 0.15) is 23.3 Å². The number of benzene rings is 1. The Balaban J connectivity index is 2.01. The standard InChI is InChI=1S/C15H17N3O2/c1-20-14-11-13(15(19)17-9-5-6-10-17)18(16-14)12-7-3-2-4-8-12/h2-4,7-8,11H,5-6,9-10H2,1H3. The van der Waals surface area contributed by atoms with Gasteiger partial charge in [0.25, 0.3) is 5.91 Å². The number of carbonyl (C=O) groups is 1. The number of methoxy groups -OCH3 is 1. The summed E-state index contributed by atoms with van der Waals surface area (Å²) in [5.74, 6) is 0.471. The summed E-state index contributed by atoms with van der Waals surface area (Å²) in [4.78, 5) is 14.5. The van der Waals surface area contributed by atoms with Crippen LogP contribution in [-0.4, -0.2) is 40.8 Å². The van der Waals surface area contributed by atoms with Gasteiger partial charge in [-0.05, 0) is 25.0 Å². The molecule has 0 spiro atoms. The molecule has 104 valence electrons. The maximum Gasteiger partial charge on any atom is 0.272 e. The van der Waals surface area contributed by atoms with E-state index >= 15 is 0 Å². The molecule has 1 aliphatic rings. The number of aromatic nitrogens is 2. The Labute approximate surface area is 117 Å². The van der Waals surface area contributed by atoms with Crippen LogP contribution >= 0.6 is 0 Å². The molecule has 1 aliphatic heterocycles. The zero-order chi connectivity index (χ0) is 13.9. The second-order valence-electron chi connectivity index (χ2n) is 4.82. The van der Waals surface area contributed by atoms with E-state index in [0.29, 0.717) is 11.6 Å². The summed E-state index contributed by atoms with van der Waals surface area (Å²) in [6.45, 7) is 1.64. The smallest absolute Gasteiger partial charge is 0.272 e. The lowest BCUT2D eigenvalue weighted by Crippen LogP contribution is -2.29. The lowest BCUT2D eigenvalue weighted by atomic mass is 10.3. The van der Waals surface area contributed by atoms with Gasteiger partial charge in [-0.25, -0.2) is 4.68 Å².